The number of rotatable bonds is 15. The lowest BCUT2D eigenvalue weighted by atomic mass is 9.98. The van der Waals surface area contributed by atoms with Gasteiger partial charge in [0.1, 0.15) is 18.4 Å². The Labute approximate surface area is 304 Å². The van der Waals surface area contributed by atoms with Crippen molar-refractivity contribution < 1.29 is 38.6 Å². The first-order chi connectivity index (χ1) is 25.6. The number of hydrogen-bond acceptors (Lipinski definition) is 10. The van der Waals surface area contributed by atoms with Crippen molar-refractivity contribution in [2.24, 2.45) is 0 Å². The molecule has 1 saturated heterocycles. The molecule has 274 valence electrons. The molecule has 0 spiro atoms. The summed E-state index contributed by atoms with van der Waals surface area (Å²) in [5.41, 5.74) is 3.64. The number of benzene rings is 3. The van der Waals surface area contributed by atoms with E-state index in [9.17, 15) is 28.8 Å². The number of unbranched alkanes of at least 4 members (excludes halogenated alkanes) is 1. The topological polar surface area (TPSA) is 193 Å². The lowest BCUT2D eigenvalue weighted by Crippen LogP contribution is -2.54. The van der Waals surface area contributed by atoms with Gasteiger partial charge in [0, 0.05) is 30.8 Å². The summed E-state index contributed by atoms with van der Waals surface area (Å²) in [4.78, 5) is 78.1. The van der Waals surface area contributed by atoms with Crippen LogP contribution in [0.4, 0.5) is 10.5 Å². The van der Waals surface area contributed by atoms with E-state index in [0.717, 1.165) is 23.3 Å². The highest BCUT2D eigenvalue weighted by atomic mass is 16.5. The van der Waals surface area contributed by atoms with E-state index in [1.165, 1.54) is 4.68 Å². The zero-order valence-electron chi connectivity index (χ0n) is 29.1. The predicted octanol–water partition coefficient (Wildman–Crippen LogP) is 3.51. The van der Waals surface area contributed by atoms with Crippen LogP contribution in [0.3, 0.4) is 0 Å². The Kier molecular flexibility index (Phi) is 11.3. The Morgan fingerprint density at radius 2 is 1.77 bits per heavy atom. The number of anilines is 1. The summed E-state index contributed by atoms with van der Waals surface area (Å²) in [7, 11) is 0. The van der Waals surface area contributed by atoms with Crippen LogP contribution in [0.1, 0.15) is 80.5 Å². The number of urea groups is 1. The minimum Gasteiger partial charge on any atom is -0.471 e. The van der Waals surface area contributed by atoms with Gasteiger partial charge in [-0.25, -0.2) is 9.48 Å². The van der Waals surface area contributed by atoms with Crippen molar-refractivity contribution in [3.63, 3.8) is 0 Å². The second-order valence-electron chi connectivity index (χ2n) is 12.8. The van der Waals surface area contributed by atoms with Crippen molar-refractivity contribution in [1.82, 2.24) is 30.1 Å². The third kappa shape index (κ3) is 8.47. The minimum absolute atomic E-state index is 0.0506. The van der Waals surface area contributed by atoms with Crippen LogP contribution in [0.5, 0.6) is 5.75 Å². The van der Waals surface area contributed by atoms with Gasteiger partial charge in [0.05, 0.1) is 23.0 Å². The number of ketones is 1. The number of ether oxygens (including phenoxy) is 1. The van der Waals surface area contributed by atoms with Crippen molar-refractivity contribution in [2.45, 2.75) is 64.8 Å². The first-order valence-electron chi connectivity index (χ1n) is 17.4. The molecule has 0 aliphatic carbocycles. The number of carbonyl (C=O) groups is 6. The van der Waals surface area contributed by atoms with Gasteiger partial charge in [0.2, 0.25) is 11.8 Å². The number of imide groups is 2. The van der Waals surface area contributed by atoms with Crippen LogP contribution in [-0.2, 0) is 35.7 Å². The van der Waals surface area contributed by atoms with Crippen molar-refractivity contribution in [3.8, 4) is 5.75 Å². The third-order valence-corrected chi connectivity index (χ3v) is 9.12. The average Bonchev–Trinajstić information content (AvgIpc) is 3.73. The molecule has 1 fully saturated rings. The van der Waals surface area contributed by atoms with E-state index >= 15 is 0 Å². The largest absolute Gasteiger partial charge is 0.471 e. The fourth-order valence-corrected chi connectivity index (χ4v) is 6.26. The molecule has 53 heavy (non-hydrogen) atoms. The molecule has 4 aromatic rings. The maximum Gasteiger partial charge on any atom is 0.322 e. The van der Waals surface area contributed by atoms with Crippen molar-refractivity contribution in [1.29, 1.82) is 0 Å². The zero-order chi connectivity index (χ0) is 37.5. The molecule has 2 aliphatic rings. The molecule has 3 N–H and O–H groups in total. The molecule has 2 aliphatic heterocycles. The number of aromatic nitrogens is 3. The highest BCUT2D eigenvalue weighted by Crippen LogP contribution is 2.30. The highest BCUT2D eigenvalue weighted by Gasteiger charge is 2.45. The number of piperidine rings is 1. The first-order valence-corrected chi connectivity index (χ1v) is 17.4. The predicted molar refractivity (Wildman–Crippen MR) is 190 cm³/mol. The molecule has 0 radical (unpaired) electrons. The maximum atomic E-state index is 13.4. The monoisotopic (exact) mass is 721 g/mol. The fraction of sp³-hybridized carbons (Fsp3) is 0.316. The van der Waals surface area contributed by atoms with E-state index in [-0.39, 0.29) is 42.5 Å². The number of nitrogens with zero attached hydrogens (tertiary/aromatic N) is 5. The van der Waals surface area contributed by atoms with Gasteiger partial charge < -0.3 is 20.1 Å². The van der Waals surface area contributed by atoms with Gasteiger partial charge in [0.25, 0.3) is 11.8 Å². The quantitative estimate of drug-likeness (QED) is 0.121. The van der Waals surface area contributed by atoms with Gasteiger partial charge in [0.15, 0.2) is 12.5 Å². The van der Waals surface area contributed by atoms with E-state index in [2.05, 4.69) is 20.9 Å². The minimum atomic E-state index is -1.03. The molecule has 15 nitrogen and oxygen atoms in total. The van der Waals surface area contributed by atoms with E-state index in [4.69, 9.17) is 9.84 Å². The molecule has 0 bridgehead atoms. The van der Waals surface area contributed by atoms with E-state index in [1.54, 1.807) is 77.8 Å². The summed E-state index contributed by atoms with van der Waals surface area (Å²) in [6.07, 6.45) is 4.42. The molecular formula is C38H39N7O8. The summed E-state index contributed by atoms with van der Waals surface area (Å²) >= 11 is 0. The molecule has 1 atom stereocenters. The molecule has 6 rings (SSSR count). The Morgan fingerprint density at radius 3 is 2.49 bits per heavy atom. The summed E-state index contributed by atoms with van der Waals surface area (Å²) in [5, 5.41) is 22.6. The van der Waals surface area contributed by atoms with Crippen LogP contribution in [0, 0.1) is 0 Å². The number of aliphatic hydroxyl groups is 1. The van der Waals surface area contributed by atoms with Crippen LogP contribution in [0.25, 0.3) is 0 Å². The molecule has 1 aromatic heterocycles. The van der Waals surface area contributed by atoms with Crippen molar-refractivity contribution in [3.05, 3.63) is 106 Å². The molecule has 1 unspecified atom stereocenters. The van der Waals surface area contributed by atoms with Gasteiger partial charge in [-0.3, -0.25) is 34.2 Å². The molecule has 3 heterocycles. The third-order valence-electron chi connectivity index (χ3n) is 9.12. The standard InChI is InChI=1S/C38H39N7O8/c1-2-3-19-43(20-24-7-9-25(10-8-24)32(47)22-46)38(52)39-27-13-15-29(16-14-27)53-23-44-21-28(41-42-44)12-11-26-5-4-6-30-34(26)37(51)45(36(30)50)31-17-18-33(48)40-35(31)49/h4-10,13-16,21,31,46H,2-3,11-12,17-20,22-23H2,1H3,(H,39,52)(H,40,48,49). The molecule has 3 aromatic carbocycles. The number of aryl methyl sites for hydroxylation is 2. The van der Waals surface area contributed by atoms with Crippen LogP contribution >= 0.6 is 0 Å². The van der Waals surface area contributed by atoms with Crippen LogP contribution in [0.15, 0.2) is 72.9 Å². The van der Waals surface area contributed by atoms with Gasteiger partial charge in [-0.1, -0.05) is 55.0 Å². The Bertz CT molecular complexity index is 2030. The second kappa shape index (κ2) is 16.4. The van der Waals surface area contributed by atoms with Crippen molar-refractivity contribution >= 4 is 41.1 Å². The van der Waals surface area contributed by atoms with Gasteiger partial charge in [-0.15, -0.1) is 5.10 Å². The number of hydrogen-bond donors (Lipinski definition) is 3. The number of amides is 6. The normalized spacial score (nSPS) is 15.3. The number of fused-ring (bicyclic) bond motifs is 1. The van der Waals surface area contributed by atoms with Gasteiger partial charge in [-0.05, 0) is 67.1 Å². The maximum absolute atomic E-state index is 13.4. The molecule has 15 heteroatoms. The smallest absolute Gasteiger partial charge is 0.322 e. The lowest BCUT2D eigenvalue weighted by molar-refractivity contribution is -0.136. The summed E-state index contributed by atoms with van der Waals surface area (Å²) < 4.78 is 7.40. The first kappa shape index (κ1) is 36.6. The number of carbonyl (C=O) groups excluding carboxylic acids is 6. The fourth-order valence-electron chi connectivity index (χ4n) is 6.26. The molecule has 0 saturated carbocycles. The Balaban J connectivity index is 1.01. The van der Waals surface area contributed by atoms with Gasteiger partial charge in [-0.2, -0.15) is 0 Å². The van der Waals surface area contributed by atoms with Crippen LogP contribution < -0.4 is 15.4 Å². The number of aliphatic hydroxyl groups excluding tert-OH is 1. The second-order valence-corrected chi connectivity index (χ2v) is 12.8. The van der Waals surface area contributed by atoms with Crippen LogP contribution in [0.2, 0.25) is 0 Å². The summed E-state index contributed by atoms with van der Waals surface area (Å²) in [5.74, 6) is -1.99. The van der Waals surface area contributed by atoms with Gasteiger partial charge >= 0.3 is 6.03 Å². The number of nitrogens with one attached hydrogen (secondary N) is 2. The van der Waals surface area contributed by atoms with Crippen LogP contribution in [-0.4, -0.2) is 84.5 Å². The van der Waals surface area contributed by atoms with E-state index in [1.807, 2.05) is 6.92 Å². The van der Waals surface area contributed by atoms with E-state index < -0.39 is 36.3 Å². The van der Waals surface area contributed by atoms with Crippen molar-refractivity contribution in [2.75, 3.05) is 18.5 Å². The lowest BCUT2D eigenvalue weighted by Gasteiger charge is -2.27. The molecular weight excluding hydrogens is 682 g/mol. The zero-order valence-corrected chi connectivity index (χ0v) is 29.1. The Hall–Kier alpha value is -6.22. The Morgan fingerprint density at radius 1 is 1.00 bits per heavy atom. The summed E-state index contributed by atoms with van der Waals surface area (Å²) in [6.45, 7) is 2.47. The van der Waals surface area contributed by atoms with E-state index in [0.29, 0.717) is 54.2 Å². The molecule has 6 amide bonds. The summed E-state index contributed by atoms with van der Waals surface area (Å²) in [6, 6.07) is 17.5. The SMILES string of the molecule is CCCCN(Cc1ccc(C(=O)CO)cc1)C(=O)Nc1ccc(OCn2cc(CCc3cccc4c3C(=O)N(C3CCC(=O)NC3=O)C4=O)nn2)cc1. The average molecular weight is 722 g/mol. The number of Topliss-reactive ketones (excluding diaryl/α,β-unsaturated/α-hetero) is 1. The highest BCUT2D eigenvalue weighted by molar-refractivity contribution is 6.24.